The standard InChI is InChI=1S/C14H14IN/c1-11(6-5-9-15-2)14-10-12-7-3-4-8-13(12)16-14/h3-10,16H,2H2,1H3/b9-5+,11-6+. The Hall–Kier alpha value is -1.16. The Morgan fingerprint density at radius 3 is 2.94 bits per heavy atom. The van der Waals surface area contributed by atoms with Gasteiger partial charge >= 0.3 is 0 Å². The number of allylic oxidation sites excluding steroid dienone is 3. The Kier molecular flexibility index (Phi) is 3.72. The number of fused-ring (bicyclic) bond motifs is 1. The molecule has 1 aromatic carbocycles. The molecule has 0 amide bonds. The molecule has 16 heavy (non-hydrogen) atoms. The van der Waals surface area contributed by atoms with Crippen molar-refractivity contribution >= 4 is 41.7 Å². The first-order chi connectivity index (χ1) is 7.81. The summed E-state index contributed by atoms with van der Waals surface area (Å²) < 4.78 is 6.03. The third kappa shape index (κ3) is 2.50. The molecule has 82 valence electrons. The van der Waals surface area contributed by atoms with Crippen LogP contribution in [-0.2, 0) is 0 Å². The predicted molar refractivity (Wildman–Crippen MR) is 82.2 cm³/mol. The van der Waals surface area contributed by atoms with Gasteiger partial charge in [0.15, 0.2) is 0 Å². The molecular formula is C14H14IN. The van der Waals surface area contributed by atoms with Crippen LogP contribution >= 0.6 is 20.7 Å². The number of nitrogens with one attached hydrogen (secondary N) is 1. The van der Waals surface area contributed by atoms with Gasteiger partial charge < -0.3 is 4.98 Å². The Bertz CT molecular complexity index is 528. The van der Waals surface area contributed by atoms with E-state index in [0.717, 1.165) is 0 Å². The summed E-state index contributed by atoms with van der Waals surface area (Å²) in [6.45, 7) is 2.12. The average Bonchev–Trinajstić information content (AvgIpc) is 2.73. The molecule has 1 nitrogen and oxygen atoms in total. The number of rotatable bonds is 3. The SMILES string of the molecule is C=I/C=C/C=C(\C)c1cc2ccccc2[nH]1. The van der Waals surface area contributed by atoms with E-state index in [1.54, 1.807) is 0 Å². The van der Waals surface area contributed by atoms with Crippen molar-refractivity contribution in [2.75, 3.05) is 0 Å². The Morgan fingerprint density at radius 1 is 1.38 bits per heavy atom. The third-order valence-corrected chi connectivity index (χ3v) is 3.39. The molecule has 2 rings (SSSR count). The summed E-state index contributed by atoms with van der Waals surface area (Å²) in [5.74, 6) is 0. The molecule has 1 N–H and O–H groups in total. The van der Waals surface area contributed by atoms with Crippen molar-refractivity contribution < 1.29 is 0 Å². The lowest BCUT2D eigenvalue weighted by atomic mass is 10.2. The molecule has 0 bridgehead atoms. The number of aromatic amines is 1. The van der Waals surface area contributed by atoms with Gasteiger partial charge in [-0.05, 0) is 34.1 Å². The van der Waals surface area contributed by atoms with E-state index < -0.39 is 0 Å². The normalized spacial score (nSPS) is 12.7. The first kappa shape index (κ1) is 11.3. The number of hydrogen-bond donors (Lipinski definition) is 1. The number of aromatic nitrogens is 1. The van der Waals surface area contributed by atoms with Crippen LogP contribution in [0.15, 0.2) is 46.6 Å². The van der Waals surface area contributed by atoms with Gasteiger partial charge in [-0.1, -0.05) is 34.9 Å². The summed E-state index contributed by atoms with van der Waals surface area (Å²) in [6, 6.07) is 10.5. The first-order valence-corrected chi connectivity index (χ1v) is 7.87. The summed E-state index contributed by atoms with van der Waals surface area (Å²) >= 11 is 0.0000363. The van der Waals surface area contributed by atoms with Crippen LogP contribution in [-0.4, -0.2) is 9.50 Å². The summed E-state index contributed by atoms with van der Waals surface area (Å²) in [5.41, 5.74) is 3.64. The number of benzene rings is 1. The van der Waals surface area contributed by atoms with E-state index in [2.05, 4.69) is 63.0 Å². The lowest BCUT2D eigenvalue weighted by Crippen LogP contribution is -1.76. The maximum absolute atomic E-state index is 3.88. The second kappa shape index (κ2) is 5.25. The molecule has 0 atom stereocenters. The monoisotopic (exact) mass is 323 g/mol. The zero-order valence-electron chi connectivity index (χ0n) is 9.20. The van der Waals surface area contributed by atoms with Crippen LogP contribution in [0.3, 0.4) is 0 Å². The summed E-state index contributed by atoms with van der Waals surface area (Å²) in [5, 5.41) is 1.26. The van der Waals surface area contributed by atoms with E-state index in [1.165, 1.54) is 22.2 Å². The first-order valence-electron chi connectivity index (χ1n) is 5.10. The van der Waals surface area contributed by atoms with Crippen LogP contribution in [0.1, 0.15) is 12.6 Å². The second-order valence-electron chi connectivity index (χ2n) is 3.59. The van der Waals surface area contributed by atoms with Crippen LogP contribution in [0.2, 0.25) is 0 Å². The van der Waals surface area contributed by atoms with Crippen molar-refractivity contribution in [2.24, 2.45) is 0 Å². The third-order valence-electron chi connectivity index (χ3n) is 2.46. The fourth-order valence-electron chi connectivity index (χ4n) is 1.61. The highest BCUT2D eigenvalue weighted by molar-refractivity contribution is 14.2. The minimum Gasteiger partial charge on any atom is -0.355 e. The van der Waals surface area contributed by atoms with Crippen LogP contribution in [0, 0.1) is 0 Å². The molecule has 0 unspecified atom stereocenters. The van der Waals surface area contributed by atoms with Gasteiger partial charge in [0.05, 0.1) is 0 Å². The number of halogens is 1. The predicted octanol–water partition coefficient (Wildman–Crippen LogP) is 4.49. The molecule has 1 aromatic heterocycles. The topological polar surface area (TPSA) is 15.8 Å². The van der Waals surface area contributed by atoms with E-state index in [9.17, 15) is 0 Å². The van der Waals surface area contributed by atoms with Crippen molar-refractivity contribution in [3.8, 4) is 0 Å². The van der Waals surface area contributed by atoms with Crippen molar-refractivity contribution in [3.05, 3.63) is 52.3 Å². The highest BCUT2D eigenvalue weighted by Crippen LogP contribution is 2.20. The van der Waals surface area contributed by atoms with E-state index in [1.807, 2.05) is 0 Å². The van der Waals surface area contributed by atoms with Gasteiger partial charge in [0.1, 0.15) is 0 Å². The number of para-hydroxylation sites is 1. The maximum atomic E-state index is 3.88. The molecule has 1 heterocycles. The second-order valence-corrected chi connectivity index (χ2v) is 5.19. The molecule has 0 aliphatic carbocycles. The van der Waals surface area contributed by atoms with E-state index in [-0.39, 0.29) is 20.7 Å². The van der Waals surface area contributed by atoms with Gasteiger partial charge in [-0.3, -0.25) is 0 Å². The van der Waals surface area contributed by atoms with Crippen molar-refractivity contribution in [1.29, 1.82) is 0 Å². The van der Waals surface area contributed by atoms with Gasteiger partial charge in [-0.15, -0.1) is 20.7 Å². The lowest BCUT2D eigenvalue weighted by Gasteiger charge is -1.93. The number of hydrogen-bond acceptors (Lipinski definition) is 0. The van der Waals surface area contributed by atoms with Gasteiger partial charge in [0.25, 0.3) is 0 Å². The molecule has 0 saturated carbocycles. The molecule has 0 aliphatic rings. The molecule has 0 spiro atoms. The molecule has 2 aromatic rings. The van der Waals surface area contributed by atoms with Crippen molar-refractivity contribution in [2.45, 2.75) is 6.92 Å². The lowest BCUT2D eigenvalue weighted by molar-refractivity contribution is 1.38. The van der Waals surface area contributed by atoms with Crippen LogP contribution in [0.4, 0.5) is 0 Å². The molecule has 2 heteroatoms. The Balaban J connectivity index is 2.36. The van der Waals surface area contributed by atoms with Gasteiger partial charge in [0.2, 0.25) is 0 Å². The van der Waals surface area contributed by atoms with Crippen molar-refractivity contribution in [3.63, 3.8) is 0 Å². The smallest absolute Gasteiger partial charge is 0.0458 e. The summed E-state index contributed by atoms with van der Waals surface area (Å²) in [7, 11) is 0. The zero-order chi connectivity index (χ0) is 11.4. The van der Waals surface area contributed by atoms with E-state index in [0.29, 0.717) is 0 Å². The van der Waals surface area contributed by atoms with Gasteiger partial charge in [-0.25, -0.2) is 0 Å². The number of H-pyrrole nitrogens is 1. The van der Waals surface area contributed by atoms with Crippen LogP contribution < -0.4 is 0 Å². The molecule has 0 aliphatic heterocycles. The highest BCUT2D eigenvalue weighted by atomic mass is 127. The molecule has 0 fully saturated rings. The van der Waals surface area contributed by atoms with E-state index >= 15 is 0 Å². The minimum absolute atomic E-state index is 0.0000363. The van der Waals surface area contributed by atoms with E-state index in [4.69, 9.17) is 0 Å². The Labute approximate surface area is 106 Å². The van der Waals surface area contributed by atoms with Gasteiger partial charge in [0, 0.05) is 11.2 Å². The van der Waals surface area contributed by atoms with Gasteiger partial charge in [-0.2, -0.15) is 0 Å². The maximum Gasteiger partial charge on any atom is 0.0458 e. The molecule has 0 radical (unpaired) electrons. The quantitative estimate of drug-likeness (QED) is 0.633. The van der Waals surface area contributed by atoms with Crippen LogP contribution in [0.5, 0.6) is 0 Å². The Morgan fingerprint density at radius 2 is 2.19 bits per heavy atom. The fraction of sp³-hybridized carbons (Fsp3) is 0.0714. The molecule has 0 saturated heterocycles. The summed E-state index contributed by atoms with van der Waals surface area (Å²) in [6.07, 6.45) is 4.23. The summed E-state index contributed by atoms with van der Waals surface area (Å²) in [4.78, 5) is 3.41. The van der Waals surface area contributed by atoms with Crippen LogP contribution in [0.25, 0.3) is 16.5 Å². The molecular weight excluding hydrogens is 309 g/mol. The minimum atomic E-state index is 0.0000363. The van der Waals surface area contributed by atoms with Crippen molar-refractivity contribution in [1.82, 2.24) is 4.98 Å². The highest BCUT2D eigenvalue weighted by Gasteiger charge is 2.00. The fourth-order valence-corrected chi connectivity index (χ4v) is 2.11. The zero-order valence-corrected chi connectivity index (χ0v) is 11.4. The largest absolute Gasteiger partial charge is 0.355 e. The average molecular weight is 323 g/mol.